The van der Waals surface area contributed by atoms with Gasteiger partial charge in [0.2, 0.25) is 0 Å². The van der Waals surface area contributed by atoms with Gasteiger partial charge in [-0.15, -0.1) is 0 Å². The molecule has 0 atom stereocenters. The lowest BCUT2D eigenvalue weighted by atomic mass is 10.1. The Kier molecular flexibility index (Phi) is 3.86. The molecule has 0 amide bonds. The van der Waals surface area contributed by atoms with Gasteiger partial charge in [-0.05, 0) is 50.1 Å². The van der Waals surface area contributed by atoms with Crippen LogP contribution in [0.3, 0.4) is 0 Å². The minimum absolute atomic E-state index is 0.0400. The number of phenols is 1. The van der Waals surface area contributed by atoms with Crippen LogP contribution in [-0.4, -0.2) is 13.5 Å². The summed E-state index contributed by atoms with van der Waals surface area (Å²) in [5, 5.41) is 9.96. The van der Waals surface area contributed by atoms with Gasteiger partial charge in [0.15, 0.2) is 9.84 Å². The van der Waals surface area contributed by atoms with E-state index in [4.69, 9.17) is 0 Å². The quantitative estimate of drug-likeness (QED) is 0.943. The topological polar surface area (TPSA) is 54.4 Å². The maximum atomic E-state index is 12.4. The lowest BCUT2D eigenvalue weighted by Gasteiger charge is -2.11. The molecule has 2 aromatic rings. The highest BCUT2D eigenvalue weighted by Crippen LogP contribution is 2.27. The number of aromatic hydroxyl groups is 1. The highest BCUT2D eigenvalue weighted by atomic mass is 32.2. The normalized spacial score (nSPS) is 11.6. The van der Waals surface area contributed by atoms with Crippen LogP contribution in [0.25, 0.3) is 0 Å². The van der Waals surface area contributed by atoms with E-state index in [9.17, 15) is 13.5 Å². The lowest BCUT2D eigenvalue weighted by molar-refractivity contribution is 0.468. The fourth-order valence-electron chi connectivity index (χ4n) is 2.18. The highest BCUT2D eigenvalue weighted by molar-refractivity contribution is 7.90. The predicted octanol–water partition coefficient (Wildman–Crippen LogP) is 3.29. The van der Waals surface area contributed by atoms with Gasteiger partial charge in [0, 0.05) is 5.56 Å². The number of rotatable bonds is 3. The van der Waals surface area contributed by atoms with E-state index in [0.717, 1.165) is 16.7 Å². The minimum Gasteiger partial charge on any atom is -0.508 e. The number of hydrogen-bond donors (Lipinski definition) is 1. The maximum Gasteiger partial charge on any atom is 0.182 e. The molecule has 0 fully saturated rings. The van der Waals surface area contributed by atoms with Gasteiger partial charge in [-0.25, -0.2) is 8.42 Å². The van der Waals surface area contributed by atoms with Crippen LogP contribution < -0.4 is 0 Å². The zero-order chi connectivity index (χ0) is 14.9. The van der Waals surface area contributed by atoms with Crippen LogP contribution in [0.4, 0.5) is 0 Å². The van der Waals surface area contributed by atoms with Crippen LogP contribution in [-0.2, 0) is 15.6 Å². The van der Waals surface area contributed by atoms with Crippen molar-refractivity contribution >= 4 is 9.84 Å². The van der Waals surface area contributed by atoms with Gasteiger partial charge in [-0.3, -0.25) is 0 Å². The molecule has 0 aromatic heterocycles. The summed E-state index contributed by atoms with van der Waals surface area (Å²) in [6.07, 6.45) is 0. The Morgan fingerprint density at radius 3 is 2.10 bits per heavy atom. The molecule has 0 aliphatic heterocycles. The summed E-state index contributed by atoms with van der Waals surface area (Å²) in [4.78, 5) is 0.280. The van der Waals surface area contributed by atoms with Crippen LogP contribution >= 0.6 is 0 Å². The lowest BCUT2D eigenvalue weighted by Crippen LogP contribution is -2.06. The molecule has 0 saturated carbocycles. The van der Waals surface area contributed by atoms with E-state index in [1.807, 2.05) is 26.8 Å². The zero-order valence-electron chi connectivity index (χ0n) is 11.8. The van der Waals surface area contributed by atoms with E-state index in [1.54, 1.807) is 30.3 Å². The second-order valence-corrected chi connectivity index (χ2v) is 7.14. The molecule has 0 unspecified atom stereocenters. The Hall–Kier alpha value is -1.81. The summed E-state index contributed by atoms with van der Waals surface area (Å²) in [5.41, 5.74) is 3.18. The summed E-state index contributed by atoms with van der Waals surface area (Å²) in [6.45, 7) is 5.59. The van der Waals surface area contributed by atoms with Crippen LogP contribution in [0.1, 0.15) is 22.3 Å². The SMILES string of the molecule is Cc1ccc(S(=O)(=O)Cc2c(C)cc(C)cc2O)cc1. The molecule has 0 radical (unpaired) electrons. The van der Waals surface area contributed by atoms with E-state index >= 15 is 0 Å². The second kappa shape index (κ2) is 5.29. The largest absolute Gasteiger partial charge is 0.508 e. The molecule has 1 N–H and O–H groups in total. The number of phenolic OH excluding ortho intramolecular Hbond substituents is 1. The fraction of sp³-hybridized carbons (Fsp3) is 0.250. The van der Waals surface area contributed by atoms with Crippen molar-refractivity contribution in [2.45, 2.75) is 31.4 Å². The van der Waals surface area contributed by atoms with Gasteiger partial charge in [0.1, 0.15) is 5.75 Å². The molecule has 0 spiro atoms. The first-order valence-corrected chi connectivity index (χ1v) is 8.03. The van der Waals surface area contributed by atoms with Gasteiger partial charge in [0.25, 0.3) is 0 Å². The van der Waals surface area contributed by atoms with Gasteiger partial charge in [-0.2, -0.15) is 0 Å². The van der Waals surface area contributed by atoms with Crippen molar-refractivity contribution in [3.05, 3.63) is 58.7 Å². The van der Waals surface area contributed by atoms with Crippen molar-refractivity contribution < 1.29 is 13.5 Å². The molecule has 106 valence electrons. The smallest absolute Gasteiger partial charge is 0.182 e. The monoisotopic (exact) mass is 290 g/mol. The Morgan fingerprint density at radius 1 is 0.950 bits per heavy atom. The molecule has 0 saturated heterocycles. The van der Waals surface area contributed by atoms with Gasteiger partial charge in [-0.1, -0.05) is 23.8 Å². The van der Waals surface area contributed by atoms with E-state index in [0.29, 0.717) is 5.56 Å². The standard InChI is InChI=1S/C16H18O3S/c1-11-4-6-14(7-5-11)20(18,19)10-15-13(3)8-12(2)9-16(15)17/h4-9,17H,10H2,1-3H3. The first-order valence-electron chi connectivity index (χ1n) is 6.38. The molecular formula is C16H18O3S. The Morgan fingerprint density at radius 2 is 1.55 bits per heavy atom. The summed E-state index contributed by atoms with van der Waals surface area (Å²) in [5.74, 6) is -0.147. The van der Waals surface area contributed by atoms with Gasteiger partial charge >= 0.3 is 0 Å². The summed E-state index contributed by atoms with van der Waals surface area (Å²) >= 11 is 0. The summed E-state index contributed by atoms with van der Waals surface area (Å²) < 4.78 is 24.8. The van der Waals surface area contributed by atoms with Crippen molar-refractivity contribution in [1.29, 1.82) is 0 Å². The third-order valence-corrected chi connectivity index (χ3v) is 4.97. The van der Waals surface area contributed by atoms with Crippen molar-refractivity contribution in [3.8, 4) is 5.75 Å². The first kappa shape index (κ1) is 14.6. The average Bonchev–Trinajstić information content (AvgIpc) is 2.34. The Bertz CT molecular complexity index is 706. The van der Waals surface area contributed by atoms with E-state index < -0.39 is 9.84 Å². The zero-order valence-corrected chi connectivity index (χ0v) is 12.7. The van der Waals surface area contributed by atoms with Crippen molar-refractivity contribution in [1.82, 2.24) is 0 Å². The van der Waals surface area contributed by atoms with Crippen LogP contribution in [0.2, 0.25) is 0 Å². The van der Waals surface area contributed by atoms with Gasteiger partial charge in [0.05, 0.1) is 10.6 Å². The van der Waals surface area contributed by atoms with Crippen molar-refractivity contribution in [3.63, 3.8) is 0 Å². The first-order chi connectivity index (χ1) is 9.29. The summed E-state index contributed by atoms with van der Waals surface area (Å²) in [7, 11) is -3.45. The molecule has 2 rings (SSSR count). The molecule has 0 aliphatic carbocycles. The third-order valence-electron chi connectivity index (χ3n) is 3.31. The Balaban J connectivity index is 2.41. The average molecular weight is 290 g/mol. The van der Waals surface area contributed by atoms with Gasteiger partial charge < -0.3 is 5.11 Å². The molecule has 0 aliphatic rings. The summed E-state index contributed by atoms with van der Waals surface area (Å²) in [6, 6.07) is 10.2. The molecule has 4 heteroatoms. The van der Waals surface area contributed by atoms with Crippen LogP contribution in [0.5, 0.6) is 5.75 Å². The minimum atomic E-state index is -3.45. The Labute approximate surface area is 119 Å². The highest BCUT2D eigenvalue weighted by Gasteiger charge is 2.19. The van der Waals surface area contributed by atoms with E-state index in [-0.39, 0.29) is 16.4 Å². The predicted molar refractivity (Wildman–Crippen MR) is 79.6 cm³/mol. The van der Waals surface area contributed by atoms with Crippen molar-refractivity contribution in [2.24, 2.45) is 0 Å². The molecule has 2 aromatic carbocycles. The number of aryl methyl sites for hydroxylation is 3. The number of benzene rings is 2. The van der Waals surface area contributed by atoms with Crippen molar-refractivity contribution in [2.75, 3.05) is 0 Å². The molecule has 3 nitrogen and oxygen atoms in total. The fourth-order valence-corrected chi connectivity index (χ4v) is 3.65. The maximum absolute atomic E-state index is 12.4. The van der Waals surface area contributed by atoms with E-state index in [1.165, 1.54) is 0 Å². The second-order valence-electron chi connectivity index (χ2n) is 5.15. The van der Waals surface area contributed by atoms with E-state index in [2.05, 4.69) is 0 Å². The number of sulfone groups is 1. The van der Waals surface area contributed by atoms with Crippen LogP contribution in [0.15, 0.2) is 41.3 Å². The molecular weight excluding hydrogens is 272 g/mol. The molecule has 0 heterocycles. The third kappa shape index (κ3) is 3.02. The van der Waals surface area contributed by atoms with Crippen LogP contribution in [0, 0.1) is 20.8 Å². The number of hydrogen-bond acceptors (Lipinski definition) is 3. The molecule has 0 bridgehead atoms. The molecule has 20 heavy (non-hydrogen) atoms.